The molecule has 2 rings (SSSR count). The van der Waals surface area contributed by atoms with Crippen LogP contribution in [0.15, 0.2) is 23.3 Å². The number of hydrogen-bond donors (Lipinski definition) is 0. The van der Waals surface area contributed by atoms with Gasteiger partial charge in [0.05, 0.1) is 12.2 Å². The summed E-state index contributed by atoms with van der Waals surface area (Å²) < 4.78 is 16.7. The second-order valence-corrected chi connectivity index (χ2v) is 5.86. The van der Waals surface area contributed by atoms with E-state index < -0.39 is 0 Å². The van der Waals surface area contributed by atoms with Crippen molar-refractivity contribution >= 4 is 5.97 Å². The Balaban J connectivity index is 1.84. The molecule has 4 heteroatoms. The van der Waals surface area contributed by atoms with E-state index in [9.17, 15) is 4.79 Å². The van der Waals surface area contributed by atoms with E-state index in [1.54, 1.807) is 0 Å². The fourth-order valence-corrected chi connectivity index (χ4v) is 3.08. The van der Waals surface area contributed by atoms with E-state index >= 15 is 0 Å². The fourth-order valence-electron chi connectivity index (χ4n) is 3.08. The van der Waals surface area contributed by atoms with Gasteiger partial charge in [-0.1, -0.05) is 6.08 Å². The van der Waals surface area contributed by atoms with E-state index in [1.165, 1.54) is 5.57 Å². The summed E-state index contributed by atoms with van der Waals surface area (Å²) in [5, 5.41) is 0. The second kappa shape index (κ2) is 9.11. The van der Waals surface area contributed by atoms with Crippen LogP contribution in [0.25, 0.3) is 0 Å². The molecular weight excluding hydrogens is 280 g/mol. The molecule has 2 aliphatic rings. The van der Waals surface area contributed by atoms with Crippen LogP contribution in [-0.2, 0) is 19.0 Å². The van der Waals surface area contributed by atoms with Crippen LogP contribution in [0.2, 0.25) is 0 Å². The Kier molecular flexibility index (Phi) is 7.13. The lowest BCUT2D eigenvalue weighted by Gasteiger charge is -2.22. The first-order valence-electron chi connectivity index (χ1n) is 8.53. The van der Waals surface area contributed by atoms with Gasteiger partial charge < -0.3 is 14.2 Å². The molecule has 0 aliphatic heterocycles. The van der Waals surface area contributed by atoms with Gasteiger partial charge in [-0.05, 0) is 64.0 Å². The van der Waals surface area contributed by atoms with Crippen LogP contribution in [0.4, 0.5) is 0 Å². The summed E-state index contributed by atoms with van der Waals surface area (Å²) >= 11 is 0. The van der Waals surface area contributed by atoms with Crippen molar-refractivity contribution in [3.63, 3.8) is 0 Å². The zero-order valence-electron chi connectivity index (χ0n) is 13.8. The van der Waals surface area contributed by atoms with Crippen LogP contribution in [-0.4, -0.2) is 38.0 Å². The van der Waals surface area contributed by atoms with E-state index in [2.05, 4.69) is 6.08 Å². The topological polar surface area (TPSA) is 44.8 Å². The predicted octanol–water partition coefficient (Wildman–Crippen LogP) is 3.56. The molecule has 0 spiro atoms. The Labute approximate surface area is 133 Å². The number of rotatable bonds is 7. The third-order valence-electron chi connectivity index (χ3n) is 4.14. The van der Waals surface area contributed by atoms with Crippen molar-refractivity contribution < 1.29 is 19.0 Å². The highest BCUT2D eigenvalue weighted by molar-refractivity contribution is 5.88. The largest absolute Gasteiger partial charge is 0.458 e. The maximum absolute atomic E-state index is 12.2. The summed E-state index contributed by atoms with van der Waals surface area (Å²) in [6, 6.07) is 0. The summed E-state index contributed by atoms with van der Waals surface area (Å²) in [7, 11) is 0. The lowest BCUT2D eigenvalue weighted by molar-refractivity contribution is -0.138. The van der Waals surface area contributed by atoms with Crippen molar-refractivity contribution in [3.05, 3.63) is 23.3 Å². The van der Waals surface area contributed by atoms with Gasteiger partial charge in [-0.15, -0.1) is 0 Å². The van der Waals surface area contributed by atoms with Gasteiger partial charge >= 0.3 is 5.97 Å². The molecule has 2 aliphatic carbocycles. The Morgan fingerprint density at radius 1 is 1.05 bits per heavy atom. The van der Waals surface area contributed by atoms with Crippen molar-refractivity contribution in [2.45, 2.75) is 64.6 Å². The van der Waals surface area contributed by atoms with E-state index in [1.807, 2.05) is 19.9 Å². The van der Waals surface area contributed by atoms with Crippen LogP contribution in [0.1, 0.15) is 52.4 Å². The summed E-state index contributed by atoms with van der Waals surface area (Å²) in [4.78, 5) is 12.2. The summed E-state index contributed by atoms with van der Waals surface area (Å²) in [6.07, 6.45) is 10.2. The molecule has 0 bridgehead atoms. The van der Waals surface area contributed by atoms with Gasteiger partial charge in [0.15, 0.2) is 0 Å². The minimum absolute atomic E-state index is 0.0672. The molecule has 0 aromatic rings. The number of ether oxygens (including phenoxy) is 3. The maximum atomic E-state index is 12.2. The molecule has 0 saturated heterocycles. The molecule has 0 aromatic carbocycles. The molecule has 2 atom stereocenters. The van der Waals surface area contributed by atoms with Crippen LogP contribution in [0, 0.1) is 0 Å². The van der Waals surface area contributed by atoms with Gasteiger partial charge in [-0.2, -0.15) is 0 Å². The van der Waals surface area contributed by atoms with E-state index in [0.29, 0.717) is 13.2 Å². The Hall–Kier alpha value is -1.13. The van der Waals surface area contributed by atoms with Crippen molar-refractivity contribution in [1.29, 1.82) is 0 Å². The quantitative estimate of drug-likeness (QED) is 0.533. The summed E-state index contributed by atoms with van der Waals surface area (Å²) in [5.41, 5.74) is 1.94. The van der Waals surface area contributed by atoms with E-state index in [0.717, 1.165) is 50.7 Å². The van der Waals surface area contributed by atoms with Gasteiger partial charge in [-0.3, -0.25) is 0 Å². The molecule has 0 fully saturated rings. The molecule has 4 nitrogen and oxygen atoms in total. The fraction of sp³-hybridized carbons (Fsp3) is 0.722. The van der Waals surface area contributed by atoms with Gasteiger partial charge in [0.1, 0.15) is 6.61 Å². The molecule has 0 N–H and O–H groups in total. The van der Waals surface area contributed by atoms with Crippen molar-refractivity contribution in [1.82, 2.24) is 0 Å². The first-order valence-corrected chi connectivity index (χ1v) is 8.53. The Bertz CT molecular complexity index is 425. The van der Waals surface area contributed by atoms with Gasteiger partial charge in [-0.25, -0.2) is 4.79 Å². The normalized spacial score (nSPS) is 25.4. The van der Waals surface area contributed by atoms with Crippen LogP contribution >= 0.6 is 0 Å². The highest BCUT2D eigenvalue weighted by Gasteiger charge is 2.20. The van der Waals surface area contributed by atoms with Crippen LogP contribution < -0.4 is 0 Å². The number of hydrogen-bond acceptors (Lipinski definition) is 4. The molecule has 0 heterocycles. The summed E-state index contributed by atoms with van der Waals surface area (Å²) in [5.74, 6) is -0.191. The van der Waals surface area contributed by atoms with Crippen molar-refractivity contribution in [2.75, 3.05) is 19.8 Å². The second-order valence-electron chi connectivity index (χ2n) is 5.86. The zero-order valence-corrected chi connectivity index (χ0v) is 13.8. The van der Waals surface area contributed by atoms with Gasteiger partial charge in [0.25, 0.3) is 0 Å². The smallest absolute Gasteiger partial charge is 0.334 e. The number of carbonyl (C=O) groups is 1. The molecule has 124 valence electrons. The van der Waals surface area contributed by atoms with E-state index in [4.69, 9.17) is 14.2 Å². The third kappa shape index (κ3) is 5.25. The van der Waals surface area contributed by atoms with Crippen molar-refractivity contribution in [3.8, 4) is 0 Å². The Morgan fingerprint density at radius 3 is 2.36 bits per heavy atom. The van der Waals surface area contributed by atoms with Gasteiger partial charge in [0.2, 0.25) is 0 Å². The molecular formula is C18H28O4. The SMILES string of the molecule is CCOC1C=C(COC(=O)C2=CC(OCC)CCC2)CCC1. The Morgan fingerprint density at radius 2 is 1.68 bits per heavy atom. The minimum Gasteiger partial charge on any atom is -0.458 e. The van der Waals surface area contributed by atoms with Gasteiger partial charge in [0, 0.05) is 18.8 Å². The molecule has 0 saturated carbocycles. The monoisotopic (exact) mass is 308 g/mol. The first kappa shape index (κ1) is 17.2. The molecule has 0 aromatic heterocycles. The highest BCUT2D eigenvalue weighted by Crippen LogP contribution is 2.23. The average Bonchev–Trinajstić information content (AvgIpc) is 2.54. The van der Waals surface area contributed by atoms with Crippen molar-refractivity contribution in [2.24, 2.45) is 0 Å². The number of carbonyl (C=O) groups excluding carboxylic acids is 1. The highest BCUT2D eigenvalue weighted by atomic mass is 16.5. The maximum Gasteiger partial charge on any atom is 0.334 e. The van der Waals surface area contributed by atoms with E-state index in [-0.39, 0.29) is 18.2 Å². The summed E-state index contributed by atoms with van der Waals surface area (Å²) in [6.45, 7) is 5.77. The zero-order chi connectivity index (χ0) is 15.8. The van der Waals surface area contributed by atoms with Crippen LogP contribution in [0.5, 0.6) is 0 Å². The third-order valence-corrected chi connectivity index (χ3v) is 4.14. The molecule has 22 heavy (non-hydrogen) atoms. The molecule has 2 unspecified atom stereocenters. The lowest BCUT2D eigenvalue weighted by Crippen LogP contribution is -2.21. The molecule has 0 amide bonds. The lowest BCUT2D eigenvalue weighted by atomic mass is 9.97. The first-order chi connectivity index (χ1) is 10.7. The number of esters is 1. The minimum atomic E-state index is -0.191. The van der Waals surface area contributed by atoms with Crippen LogP contribution in [0.3, 0.4) is 0 Å². The molecule has 0 radical (unpaired) electrons. The predicted molar refractivity (Wildman–Crippen MR) is 85.7 cm³/mol. The average molecular weight is 308 g/mol. The standard InChI is InChI=1S/C18H28O4/c1-3-20-16-9-5-7-14(11-16)13-22-18(19)15-8-6-10-17(12-15)21-4-2/h11-12,16-17H,3-10,13H2,1-2H3.